The lowest BCUT2D eigenvalue weighted by Crippen LogP contribution is -1.53. The Morgan fingerprint density at radius 1 is 0.833 bits per heavy atom. The van der Waals surface area contributed by atoms with Gasteiger partial charge in [0.1, 0.15) is 0 Å². The van der Waals surface area contributed by atoms with Crippen LogP contribution >= 0.6 is 24.4 Å². The molecule has 0 saturated heterocycles. The number of hydrogen-bond donors (Lipinski definition) is 0. The Morgan fingerprint density at radius 3 is 1.33 bits per heavy atom. The zero-order valence-corrected chi connectivity index (χ0v) is 4.76. The molecule has 0 spiro atoms. The van der Waals surface area contributed by atoms with Gasteiger partial charge >= 0.3 is 0 Å². The third-order valence-electron chi connectivity index (χ3n) is 0.268. The first-order valence-electron chi connectivity index (χ1n) is 1.47. The average Bonchev–Trinajstić information content (AvgIpc) is 1.61. The van der Waals surface area contributed by atoms with Crippen molar-refractivity contribution in [3.05, 3.63) is 12.2 Å². The molecule has 0 atom stereocenters. The minimum Gasteiger partial charge on any atom is -0.0887 e. The molecule has 0 N–H and O–H groups in total. The summed E-state index contributed by atoms with van der Waals surface area (Å²) in [6.07, 6.45) is 3.42. The van der Waals surface area contributed by atoms with Crippen molar-refractivity contribution in [1.29, 1.82) is 0 Å². The number of allylic oxidation sites excluding steroid dienone is 2. The first kappa shape index (κ1) is 5.92. The number of hydrogen-bond acceptors (Lipinski definition) is 2. The molecule has 0 fully saturated rings. The highest BCUT2D eigenvalue weighted by molar-refractivity contribution is 7.79. The highest BCUT2D eigenvalue weighted by Crippen LogP contribution is 1.60. The third-order valence-corrected chi connectivity index (χ3v) is 0.583. The van der Waals surface area contributed by atoms with Gasteiger partial charge in [-0.05, 0) is 0 Å². The summed E-state index contributed by atoms with van der Waals surface area (Å²) in [4.78, 5) is 0. The van der Waals surface area contributed by atoms with E-state index >= 15 is 0 Å². The normalized spacial score (nSPS) is 8.67. The summed E-state index contributed by atoms with van der Waals surface area (Å²) in [6.45, 7) is 0. The van der Waals surface area contributed by atoms with Crippen LogP contribution in [0.3, 0.4) is 0 Å². The minimum atomic E-state index is 1.52. The number of rotatable bonds is 2. The van der Waals surface area contributed by atoms with E-state index < -0.39 is 0 Å². The van der Waals surface area contributed by atoms with Gasteiger partial charge in [0.25, 0.3) is 0 Å². The van der Waals surface area contributed by atoms with Gasteiger partial charge in [0.05, 0.1) is 0 Å². The fraction of sp³-hybridized carbons (Fsp3) is 0. The first-order chi connectivity index (χ1) is 2.91. The van der Waals surface area contributed by atoms with Crippen molar-refractivity contribution in [1.82, 2.24) is 0 Å². The van der Waals surface area contributed by atoms with Crippen LogP contribution in [-0.2, 0) is 0 Å². The van der Waals surface area contributed by atoms with Crippen LogP contribution in [0, 0.1) is 0 Å². The largest absolute Gasteiger partial charge is 0.0887 e. The van der Waals surface area contributed by atoms with Crippen LogP contribution < -0.4 is 0 Å². The summed E-state index contributed by atoms with van der Waals surface area (Å²) in [7, 11) is 0. The smallest absolute Gasteiger partial charge is 0.00138 e. The van der Waals surface area contributed by atoms with Gasteiger partial charge in [0.15, 0.2) is 0 Å². The van der Waals surface area contributed by atoms with Gasteiger partial charge in [-0.15, -0.1) is 0 Å². The molecular weight excluding hydrogens is 112 g/mol. The summed E-state index contributed by atoms with van der Waals surface area (Å²) in [5.41, 5.74) is 0. The monoisotopic (exact) mass is 116 g/mol. The molecule has 0 saturated carbocycles. The maximum absolute atomic E-state index is 4.44. The Morgan fingerprint density at radius 2 is 1.17 bits per heavy atom. The van der Waals surface area contributed by atoms with Crippen molar-refractivity contribution in [2.75, 3.05) is 0 Å². The predicted molar refractivity (Wildman–Crippen MR) is 36.5 cm³/mol. The quantitative estimate of drug-likeness (QED) is 0.396. The number of thiocarbonyl (C=S) groups is 2. The summed E-state index contributed by atoms with van der Waals surface area (Å²) >= 11 is 8.88. The van der Waals surface area contributed by atoms with Crippen molar-refractivity contribution < 1.29 is 0 Å². The summed E-state index contributed by atoms with van der Waals surface area (Å²) in [5, 5.41) is 3.03. The molecule has 0 radical (unpaired) electrons. The molecule has 0 heterocycles. The van der Waals surface area contributed by atoms with Gasteiger partial charge < -0.3 is 0 Å². The zero-order valence-electron chi connectivity index (χ0n) is 3.13. The van der Waals surface area contributed by atoms with E-state index in [9.17, 15) is 0 Å². The van der Waals surface area contributed by atoms with Crippen molar-refractivity contribution in [3.63, 3.8) is 0 Å². The lowest BCUT2D eigenvalue weighted by atomic mass is 10.6. The van der Waals surface area contributed by atoms with Crippen molar-refractivity contribution in [2.45, 2.75) is 0 Å². The second-order valence-corrected chi connectivity index (χ2v) is 1.20. The van der Waals surface area contributed by atoms with Crippen molar-refractivity contribution in [2.24, 2.45) is 0 Å². The maximum atomic E-state index is 4.44. The van der Waals surface area contributed by atoms with E-state index in [4.69, 9.17) is 0 Å². The predicted octanol–water partition coefficient (Wildman–Crippen LogP) is 1.54. The molecule has 0 aliphatic heterocycles. The summed E-state index contributed by atoms with van der Waals surface area (Å²) in [5.74, 6) is 0. The first-order valence-corrected chi connectivity index (χ1v) is 2.41. The molecule has 0 aliphatic rings. The van der Waals surface area contributed by atoms with E-state index in [0.29, 0.717) is 0 Å². The van der Waals surface area contributed by atoms with Gasteiger partial charge in [-0.2, -0.15) is 0 Å². The molecule has 0 aromatic carbocycles. The Hall–Kier alpha value is -0.0800. The second kappa shape index (κ2) is 4.92. The second-order valence-electron chi connectivity index (χ2n) is 0.657. The van der Waals surface area contributed by atoms with E-state index in [2.05, 4.69) is 24.4 Å². The molecule has 0 nitrogen and oxygen atoms in total. The van der Waals surface area contributed by atoms with Crippen LogP contribution in [-0.4, -0.2) is 10.7 Å². The Bertz CT molecular complexity index is 63.6. The lowest BCUT2D eigenvalue weighted by molar-refractivity contribution is 2.41. The molecule has 0 bridgehead atoms. The molecule has 0 unspecified atom stereocenters. The highest BCUT2D eigenvalue weighted by Gasteiger charge is 1.50. The molecule has 2 heteroatoms. The standard InChI is InChI=1S/C4H4S2/c5-3-1-2-4-6/h1-4H/b2-1+. The van der Waals surface area contributed by atoms with Crippen molar-refractivity contribution in [3.8, 4) is 0 Å². The molecule has 0 amide bonds. The molecule has 0 aromatic rings. The van der Waals surface area contributed by atoms with Crippen LogP contribution in [0.15, 0.2) is 12.2 Å². The van der Waals surface area contributed by atoms with Crippen LogP contribution in [0.5, 0.6) is 0 Å². The highest BCUT2D eigenvalue weighted by atomic mass is 32.1. The Balaban J connectivity index is 3.17. The average molecular weight is 116 g/mol. The van der Waals surface area contributed by atoms with Crippen molar-refractivity contribution >= 4 is 35.2 Å². The van der Waals surface area contributed by atoms with Crippen LogP contribution in [0.25, 0.3) is 0 Å². The van der Waals surface area contributed by atoms with Gasteiger partial charge in [0, 0.05) is 10.7 Å². The fourth-order valence-corrected chi connectivity index (χ4v) is 0.272. The SMILES string of the molecule is S=C/C=C/C=S. The fourth-order valence-electron chi connectivity index (χ4n) is 0.0907. The Kier molecular flexibility index (Phi) is 4.85. The molecule has 0 aromatic heterocycles. The van der Waals surface area contributed by atoms with Gasteiger partial charge in [-0.25, -0.2) is 0 Å². The van der Waals surface area contributed by atoms with E-state index in [-0.39, 0.29) is 0 Å². The lowest BCUT2D eigenvalue weighted by Gasteiger charge is -1.57. The van der Waals surface area contributed by atoms with Gasteiger partial charge in [-0.1, -0.05) is 36.6 Å². The Labute approximate surface area is 47.9 Å². The maximum Gasteiger partial charge on any atom is 0.00138 e. The van der Waals surface area contributed by atoms with Gasteiger partial charge in [-0.3, -0.25) is 0 Å². The van der Waals surface area contributed by atoms with E-state index in [1.54, 1.807) is 12.2 Å². The molecule has 0 aliphatic carbocycles. The van der Waals surface area contributed by atoms with E-state index in [1.165, 1.54) is 10.7 Å². The van der Waals surface area contributed by atoms with Gasteiger partial charge in [0.2, 0.25) is 0 Å². The zero-order chi connectivity index (χ0) is 4.83. The van der Waals surface area contributed by atoms with Crippen LogP contribution in [0.2, 0.25) is 0 Å². The molecule has 6 heavy (non-hydrogen) atoms. The summed E-state index contributed by atoms with van der Waals surface area (Å²) in [6, 6.07) is 0. The molecule has 0 rings (SSSR count). The van der Waals surface area contributed by atoms with Crippen LogP contribution in [0.4, 0.5) is 0 Å². The van der Waals surface area contributed by atoms with E-state index in [0.717, 1.165) is 0 Å². The summed E-state index contributed by atoms with van der Waals surface area (Å²) < 4.78 is 0. The minimum absolute atomic E-state index is 1.52. The van der Waals surface area contributed by atoms with E-state index in [1.807, 2.05) is 0 Å². The topological polar surface area (TPSA) is 0 Å². The molecule has 32 valence electrons. The third kappa shape index (κ3) is 3.92. The molecular formula is C4H4S2. The van der Waals surface area contributed by atoms with Crippen LogP contribution in [0.1, 0.15) is 0 Å².